The number of aromatic nitrogens is 2. The number of benzene rings is 1. The normalized spacial score (nSPS) is 22.7. The minimum absolute atomic E-state index is 0.00602. The average Bonchev–Trinajstić information content (AvgIpc) is 3.25. The Balaban J connectivity index is 1.74. The Labute approximate surface area is 142 Å². The second-order valence-corrected chi connectivity index (χ2v) is 7.77. The van der Waals surface area contributed by atoms with Crippen molar-refractivity contribution in [3.8, 4) is 0 Å². The fourth-order valence-corrected chi connectivity index (χ4v) is 4.93. The quantitative estimate of drug-likeness (QED) is 0.785. The molecule has 23 heavy (non-hydrogen) atoms. The van der Waals surface area contributed by atoms with Gasteiger partial charge in [0, 0.05) is 10.8 Å². The first-order chi connectivity index (χ1) is 11.2. The first-order valence-electron chi connectivity index (χ1n) is 7.37. The Morgan fingerprint density at radius 1 is 1.26 bits per heavy atom. The Kier molecular flexibility index (Phi) is 3.50. The fraction of sp³-hybridized carbons (Fsp3) is 0.235. The molecule has 2 heterocycles. The number of nitrogens with one attached hydrogen (secondary N) is 1. The summed E-state index contributed by atoms with van der Waals surface area (Å²) in [5, 5.41) is 13.3. The molecule has 0 fully saturated rings. The maximum Gasteiger partial charge on any atom is 0.233 e. The van der Waals surface area contributed by atoms with Crippen LogP contribution in [0.2, 0.25) is 0 Å². The summed E-state index contributed by atoms with van der Waals surface area (Å²) < 4.78 is 0. The third-order valence-corrected chi connectivity index (χ3v) is 6.03. The highest BCUT2D eigenvalue weighted by Gasteiger charge is 2.49. The maximum absolute atomic E-state index is 13.0. The first kappa shape index (κ1) is 14.5. The van der Waals surface area contributed by atoms with E-state index in [0.29, 0.717) is 5.13 Å². The van der Waals surface area contributed by atoms with E-state index in [9.17, 15) is 4.79 Å². The van der Waals surface area contributed by atoms with Crippen LogP contribution in [0.5, 0.6) is 0 Å². The highest BCUT2D eigenvalue weighted by Crippen LogP contribution is 2.52. The summed E-state index contributed by atoms with van der Waals surface area (Å²) in [5.41, 5.74) is 3.56. The number of rotatable bonds is 3. The van der Waals surface area contributed by atoms with E-state index in [-0.39, 0.29) is 11.8 Å². The van der Waals surface area contributed by atoms with Gasteiger partial charge in [0.15, 0.2) is 0 Å². The van der Waals surface area contributed by atoms with Crippen LogP contribution in [0, 0.1) is 5.41 Å². The molecule has 1 aliphatic carbocycles. The lowest BCUT2D eigenvalue weighted by molar-refractivity contribution is -0.125. The molecule has 0 saturated carbocycles. The van der Waals surface area contributed by atoms with Gasteiger partial charge < -0.3 is 5.32 Å². The summed E-state index contributed by atoms with van der Waals surface area (Å²) in [5.74, 6) is 0.0735. The topological polar surface area (TPSA) is 54.9 Å². The predicted molar refractivity (Wildman–Crippen MR) is 93.0 cm³/mol. The van der Waals surface area contributed by atoms with Crippen LogP contribution in [-0.2, 0) is 11.2 Å². The van der Waals surface area contributed by atoms with Crippen LogP contribution < -0.4 is 5.32 Å². The van der Waals surface area contributed by atoms with E-state index in [2.05, 4.69) is 39.1 Å². The van der Waals surface area contributed by atoms with Gasteiger partial charge in [0.1, 0.15) is 5.51 Å². The minimum Gasteiger partial charge on any atom is -0.300 e. The molecule has 1 N–H and O–H groups in total. The molecule has 1 aliphatic rings. The zero-order valence-corrected chi connectivity index (χ0v) is 14.2. The number of amides is 1. The average molecular weight is 341 g/mol. The second kappa shape index (κ2) is 5.54. The smallest absolute Gasteiger partial charge is 0.233 e. The van der Waals surface area contributed by atoms with Gasteiger partial charge in [-0.2, -0.15) is 0 Å². The van der Waals surface area contributed by atoms with E-state index in [1.54, 1.807) is 16.8 Å². The van der Waals surface area contributed by atoms with Gasteiger partial charge in [0.2, 0.25) is 11.0 Å². The van der Waals surface area contributed by atoms with Crippen molar-refractivity contribution in [2.45, 2.75) is 19.3 Å². The molecule has 0 saturated heterocycles. The molecule has 0 radical (unpaired) electrons. The lowest BCUT2D eigenvalue weighted by atomic mass is 9.73. The summed E-state index contributed by atoms with van der Waals surface area (Å²) in [6, 6.07) is 12.4. The largest absolute Gasteiger partial charge is 0.300 e. The molecular weight excluding hydrogens is 326 g/mol. The van der Waals surface area contributed by atoms with E-state index < -0.39 is 5.41 Å². The lowest BCUT2D eigenvalue weighted by Gasteiger charge is -2.30. The molecule has 1 aromatic carbocycles. The zero-order valence-electron chi connectivity index (χ0n) is 12.5. The Hall–Kier alpha value is -2.05. The van der Waals surface area contributed by atoms with Crippen LogP contribution in [0.25, 0.3) is 0 Å². The van der Waals surface area contributed by atoms with Gasteiger partial charge in [-0.25, -0.2) is 0 Å². The number of hydrogen-bond donors (Lipinski definition) is 1. The van der Waals surface area contributed by atoms with Gasteiger partial charge in [0.25, 0.3) is 0 Å². The zero-order chi connectivity index (χ0) is 15.9. The standard InChI is InChI=1S/C17H15N3OS2/c1-17(15(21)19-16-20-18-10-23-16)9-13-12(7-8-22-13)14(17)11-5-3-2-4-6-11/h2-8,10,14H,9H2,1H3,(H,19,20,21)/t14-,17+/m1/s1. The number of nitrogens with zero attached hydrogens (tertiary/aromatic N) is 2. The summed E-state index contributed by atoms with van der Waals surface area (Å²) in [6.45, 7) is 2.05. The van der Waals surface area contributed by atoms with Crippen LogP contribution in [0.1, 0.15) is 28.8 Å². The summed E-state index contributed by atoms with van der Waals surface area (Å²) in [7, 11) is 0. The van der Waals surface area contributed by atoms with Crippen LogP contribution >= 0.6 is 22.7 Å². The van der Waals surface area contributed by atoms with Crippen molar-refractivity contribution in [2.24, 2.45) is 5.41 Å². The van der Waals surface area contributed by atoms with Gasteiger partial charge in [0.05, 0.1) is 5.41 Å². The second-order valence-electron chi connectivity index (χ2n) is 5.94. The van der Waals surface area contributed by atoms with E-state index in [1.807, 2.05) is 25.1 Å². The third-order valence-electron chi connectivity index (χ3n) is 4.49. The van der Waals surface area contributed by atoms with Crippen molar-refractivity contribution in [3.05, 3.63) is 63.3 Å². The number of carbonyl (C=O) groups excluding carboxylic acids is 1. The summed E-state index contributed by atoms with van der Waals surface area (Å²) >= 11 is 3.07. The fourth-order valence-electron chi connectivity index (χ4n) is 3.40. The molecule has 0 spiro atoms. The van der Waals surface area contributed by atoms with E-state index in [0.717, 1.165) is 6.42 Å². The molecule has 4 nitrogen and oxygen atoms in total. The van der Waals surface area contributed by atoms with E-state index in [4.69, 9.17) is 0 Å². The van der Waals surface area contributed by atoms with Gasteiger partial charge in [-0.3, -0.25) is 4.79 Å². The van der Waals surface area contributed by atoms with E-state index in [1.165, 1.54) is 27.3 Å². The van der Waals surface area contributed by atoms with Crippen molar-refractivity contribution < 1.29 is 4.79 Å². The molecule has 2 atom stereocenters. The molecular formula is C17H15N3OS2. The third kappa shape index (κ3) is 2.38. The van der Waals surface area contributed by atoms with Gasteiger partial charge >= 0.3 is 0 Å². The van der Waals surface area contributed by atoms with Crippen molar-refractivity contribution in [1.29, 1.82) is 0 Å². The SMILES string of the molecule is C[C@]1(C(=O)Nc2nncs2)Cc2sccc2[C@H]1c1ccccc1. The van der Waals surface area contributed by atoms with E-state index >= 15 is 0 Å². The monoisotopic (exact) mass is 341 g/mol. The molecule has 0 unspecified atom stereocenters. The summed E-state index contributed by atoms with van der Waals surface area (Å²) in [4.78, 5) is 14.3. The van der Waals surface area contributed by atoms with Crippen LogP contribution in [-0.4, -0.2) is 16.1 Å². The minimum atomic E-state index is -0.518. The Morgan fingerprint density at radius 2 is 2.09 bits per heavy atom. The van der Waals surface area contributed by atoms with Crippen molar-refractivity contribution >= 4 is 33.7 Å². The van der Waals surface area contributed by atoms with Crippen molar-refractivity contribution in [2.75, 3.05) is 5.32 Å². The van der Waals surface area contributed by atoms with Crippen LogP contribution in [0.15, 0.2) is 47.3 Å². The van der Waals surface area contributed by atoms with Crippen LogP contribution in [0.4, 0.5) is 5.13 Å². The van der Waals surface area contributed by atoms with Gasteiger partial charge in [-0.1, -0.05) is 41.7 Å². The molecule has 4 rings (SSSR count). The number of thiophene rings is 1. The first-order valence-corrected chi connectivity index (χ1v) is 9.13. The lowest BCUT2D eigenvalue weighted by Crippen LogP contribution is -2.37. The molecule has 0 aliphatic heterocycles. The predicted octanol–water partition coefficient (Wildman–Crippen LogP) is 3.93. The van der Waals surface area contributed by atoms with Crippen LogP contribution in [0.3, 0.4) is 0 Å². The number of carbonyl (C=O) groups is 1. The maximum atomic E-state index is 13.0. The molecule has 1 amide bonds. The highest BCUT2D eigenvalue weighted by molar-refractivity contribution is 7.13. The molecule has 3 aromatic rings. The van der Waals surface area contributed by atoms with Crippen molar-refractivity contribution in [3.63, 3.8) is 0 Å². The molecule has 116 valence electrons. The molecule has 0 bridgehead atoms. The Bertz CT molecular complexity index is 829. The van der Waals surface area contributed by atoms with Crippen molar-refractivity contribution in [1.82, 2.24) is 10.2 Å². The number of anilines is 1. The van der Waals surface area contributed by atoms with Gasteiger partial charge in [-0.05, 0) is 35.9 Å². The highest BCUT2D eigenvalue weighted by atomic mass is 32.1. The molecule has 6 heteroatoms. The Morgan fingerprint density at radius 3 is 2.83 bits per heavy atom. The molecule has 2 aromatic heterocycles. The summed E-state index contributed by atoms with van der Waals surface area (Å²) in [6.07, 6.45) is 0.754. The number of hydrogen-bond acceptors (Lipinski definition) is 5. The number of fused-ring (bicyclic) bond motifs is 1. The van der Waals surface area contributed by atoms with Gasteiger partial charge in [-0.15, -0.1) is 21.5 Å².